The maximum Gasteiger partial charge on any atom is 0.162 e. The highest BCUT2D eigenvalue weighted by molar-refractivity contribution is 5.38. The Kier molecular flexibility index (Phi) is 3.81. The van der Waals surface area contributed by atoms with E-state index in [-0.39, 0.29) is 11.0 Å². The van der Waals surface area contributed by atoms with Crippen molar-refractivity contribution in [2.75, 3.05) is 18.5 Å². The summed E-state index contributed by atoms with van der Waals surface area (Å²) >= 11 is 0. The molecule has 0 saturated carbocycles. The van der Waals surface area contributed by atoms with E-state index in [1.807, 2.05) is 6.07 Å². The van der Waals surface area contributed by atoms with Gasteiger partial charge in [0.25, 0.3) is 0 Å². The van der Waals surface area contributed by atoms with Crippen molar-refractivity contribution >= 4 is 5.82 Å². The number of nitrogens with one attached hydrogen (secondary N) is 1. The van der Waals surface area contributed by atoms with Crippen LogP contribution in [0.2, 0.25) is 0 Å². The van der Waals surface area contributed by atoms with Crippen molar-refractivity contribution in [1.82, 2.24) is 9.97 Å². The summed E-state index contributed by atoms with van der Waals surface area (Å²) in [5.74, 6) is 1.71. The zero-order chi connectivity index (χ0) is 14.1. The van der Waals surface area contributed by atoms with Gasteiger partial charge in [0, 0.05) is 24.6 Å². The third-order valence-corrected chi connectivity index (χ3v) is 3.54. The van der Waals surface area contributed by atoms with Gasteiger partial charge < -0.3 is 10.1 Å². The molecule has 1 saturated heterocycles. The van der Waals surface area contributed by atoms with Gasteiger partial charge in [-0.1, -0.05) is 20.8 Å². The lowest BCUT2D eigenvalue weighted by molar-refractivity contribution is 0.00913. The molecule has 1 N–H and O–H groups in total. The summed E-state index contributed by atoms with van der Waals surface area (Å²) < 4.78 is 5.87. The molecule has 1 unspecified atom stereocenters. The highest BCUT2D eigenvalue weighted by Crippen LogP contribution is 2.35. The first-order valence-electron chi connectivity index (χ1n) is 7.13. The van der Waals surface area contributed by atoms with E-state index in [9.17, 15) is 0 Å². The molecule has 0 bridgehead atoms. The minimum Gasteiger partial charge on any atom is -0.370 e. The second kappa shape index (κ2) is 5.08. The predicted molar refractivity (Wildman–Crippen MR) is 77.4 cm³/mol. The van der Waals surface area contributed by atoms with E-state index < -0.39 is 0 Å². The third-order valence-electron chi connectivity index (χ3n) is 3.54. The minimum atomic E-state index is -0.328. The van der Waals surface area contributed by atoms with E-state index >= 15 is 0 Å². The zero-order valence-corrected chi connectivity index (χ0v) is 12.7. The molecule has 19 heavy (non-hydrogen) atoms. The molecule has 0 amide bonds. The normalized spacial score (nSPS) is 23.6. The minimum absolute atomic E-state index is 0.0107. The number of hydrogen-bond donors (Lipinski definition) is 1. The molecule has 106 valence electrons. The standard InChI is InChI=1S/C15H25N3O/c1-6-16-12-10-11(14(2,3)4)17-13(18-12)15(5)8-7-9-19-15/h10H,6-9H2,1-5H3,(H,16,17,18). The molecule has 1 aliphatic heterocycles. The van der Waals surface area contributed by atoms with Crippen LogP contribution in [-0.4, -0.2) is 23.1 Å². The SMILES string of the molecule is CCNc1cc(C(C)(C)C)nc(C2(C)CCCO2)n1. The second-order valence-corrected chi connectivity index (χ2v) is 6.43. The average molecular weight is 263 g/mol. The Labute approximate surface area is 116 Å². The molecule has 1 aliphatic rings. The lowest BCUT2D eigenvalue weighted by atomic mass is 9.91. The van der Waals surface area contributed by atoms with Crippen LogP contribution in [0, 0.1) is 0 Å². The molecule has 0 spiro atoms. The van der Waals surface area contributed by atoms with Crippen LogP contribution in [0.1, 0.15) is 59.0 Å². The molecular weight excluding hydrogens is 238 g/mol. The Morgan fingerprint density at radius 1 is 1.37 bits per heavy atom. The van der Waals surface area contributed by atoms with Gasteiger partial charge >= 0.3 is 0 Å². The van der Waals surface area contributed by atoms with Crippen LogP contribution in [0.4, 0.5) is 5.82 Å². The van der Waals surface area contributed by atoms with Crippen molar-refractivity contribution in [2.24, 2.45) is 0 Å². The van der Waals surface area contributed by atoms with Crippen LogP contribution < -0.4 is 5.32 Å². The number of ether oxygens (including phenoxy) is 1. The number of anilines is 1. The maximum atomic E-state index is 5.87. The molecule has 2 rings (SSSR count). The van der Waals surface area contributed by atoms with Crippen molar-refractivity contribution in [1.29, 1.82) is 0 Å². The van der Waals surface area contributed by atoms with E-state index in [1.54, 1.807) is 0 Å². The van der Waals surface area contributed by atoms with E-state index in [1.165, 1.54) is 0 Å². The zero-order valence-electron chi connectivity index (χ0n) is 12.7. The van der Waals surface area contributed by atoms with Crippen LogP contribution in [0.5, 0.6) is 0 Å². The first-order valence-corrected chi connectivity index (χ1v) is 7.13. The molecule has 1 fully saturated rings. The lowest BCUT2D eigenvalue weighted by Gasteiger charge is -2.25. The van der Waals surface area contributed by atoms with Crippen molar-refractivity contribution < 1.29 is 4.74 Å². The summed E-state index contributed by atoms with van der Waals surface area (Å²) in [5, 5.41) is 3.29. The second-order valence-electron chi connectivity index (χ2n) is 6.43. The van der Waals surface area contributed by atoms with Crippen LogP contribution in [0.25, 0.3) is 0 Å². The summed E-state index contributed by atoms with van der Waals surface area (Å²) in [6.07, 6.45) is 2.07. The smallest absolute Gasteiger partial charge is 0.162 e. The van der Waals surface area contributed by atoms with Gasteiger partial charge in [-0.05, 0) is 26.7 Å². The van der Waals surface area contributed by atoms with Gasteiger partial charge in [0.05, 0.1) is 5.69 Å². The van der Waals surface area contributed by atoms with Gasteiger partial charge in [-0.15, -0.1) is 0 Å². The van der Waals surface area contributed by atoms with Crippen LogP contribution >= 0.6 is 0 Å². The fourth-order valence-corrected chi connectivity index (χ4v) is 2.30. The maximum absolute atomic E-state index is 5.87. The Hall–Kier alpha value is -1.16. The first-order chi connectivity index (χ1) is 8.85. The van der Waals surface area contributed by atoms with Crippen LogP contribution in [-0.2, 0) is 15.8 Å². The molecule has 0 aromatic carbocycles. The molecule has 0 radical (unpaired) electrons. The Bertz CT molecular complexity index is 445. The van der Waals surface area contributed by atoms with Gasteiger partial charge in [-0.3, -0.25) is 0 Å². The fraction of sp³-hybridized carbons (Fsp3) is 0.733. The lowest BCUT2D eigenvalue weighted by Crippen LogP contribution is -2.26. The molecule has 1 aromatic heterocycles. The number of nitrogens with zero attached hydrogens (tertiary/aromatic N) is 2. The Morgan fingerprint density at radius 2 is 2.11 bits per heavy atom. The van der Waals surface area contributed by atoms with Crippen molar-refractivity contribution in [3.8, 4) is 0 Å². The molecule has 4 heteroatoms. The highest BCUT2D eigenvalue weighted by Gasteiger charge is 2.36. The third kappa shape index (κ3) is 3.06. The molecule has 0 aliphatic carbocycles. The Balaban J connectivity index is 2.45. The molecule has 1 atom stereocenters. The highest BCUT2D eigenvalue weighted by atomic mass is 16.5. The number of rotatable bonds is 3. The predicted octanol–water partition coefficient (Wildman–Crippen LogP) is 3.23. The van der Waals surface area contributed by atoms with Gasteiger partial charge in [0.2, 0.25) is 0 Å². The van der Waals surface area contributed by atoms with Crippen LogP contribution in [0.3, 0.4) is 0 Å². The van der Waals surface area contributed by atoms with Gasteiger partial charge in [0.15, 0.2) is 5.82 Å². The van der Waals surface area contributed by atoms with Crippen molar-refractivity contribution in [3.63, 3.8) is 0 Å². The monoisotopic (exact) mass is 263 g/mol. The van der Waals surface area contributed by atoms with E-state index in [0.29, 0.717) is 0 Å². The summed E-state index contributed by atoms with van der Waals surface area (Å²) in [5.41, 5.74) is 0.743. The Morgan fingerprint density at radius 3 is 2.63 bits per heavy atom. The van der Waals surface area contributed by atoms with E-state index in [0.717, 1.165) is 43.3 Å². The number of aromatic nitrogens is 2. The van der Waals surface area contributed by atoms with E-state index in [4.69, 9.17) is 9.72 Å². The van der Waals surface area contributed by atoms with E-state index in [2.05, 4.69) is 44.9 Å². The summed E-state index contributed by atoms with van der Waals surface area (Å²) in [6, 6.07) is 2.05. The first kappa shape index (κ1) is 14.3. The van der Waals surface area contributed by atoms with Crippen molar-refractivity contribution in [3.05, 3.63) is 17.6 Å². The summed E-state index contributed by atoms with van der Waals surface area (Å²) in [6.45, 7) is 12.4. The fourth-order valence-electron chi connectivity index (χ4n) is 2.30. The van der Waals surface area contributed by atoms with Gasteiger partial charge in [0.1, 0.15) is 11.4 Å². The molecular formula is C15H25N3O. The molecule has 2 heterocycles. The quantitative estimate of drug-likeness (QED) is 0.909. The largest absolute Gasteiger partial charge is 0.370 e. The van der Waals surface area contributed by atoms with Gasteiger partial charge in [-0.2, -0.15) is 0 Å². The molecule has 1 aromatic rings. The average Bonchev–Trinajstić information content (AvgIpc) is 2.76. The van der Waals surface area contributed by atoms with Crippen LogP contribution in [0.15, 0.2) is 6.07 Å². The summed E-state index contributed by atoms with van der Waals surface area (Å²) in [4.78, 5) is 9.41. The molecule has 4 nitrogen and oxygen atoms in total. The van der Waals surface area contributed by atoms with Crippen molar-refractivity contribution in [2.45, 2.75) is 58.5 Å². The summed E-state index contributed by atoms with van der Waals surface area (Å²) in [7, 11) is 0. The van der Waals surface area contributed by atoms with Gasteiger partial charge in [-0.25, -0.2) is 9.97 Å². The topological polar surface area (TPSA) is 47.0 Å². The number of hydrogen-bond acceptors (Lipinski definition) is 4.